The number of carbonyl (C=O) groups excluding carboxylic acids is 1. The number of nitrogens with two attached hydrogens (primary N) is 1. The van der Waals surface area contributed by atoms with Gasteiger partial charge >= 0.3 is 6.09 Å². The van der Waals surface area contributed by atoms with E-state index in [0.717, 1.165) is 16.0 Å². The standard InChI is InChI=1S/C19H15FN4O3S/c20-12-2-8-17(22-10-12)24-18(25)11-1-7-16(15(21)9-11)28-14-5-3-13(4-6-14)23-19(26)27/h1-10,23H,21H2,(H,26,27)(H,22,24,25). The molecule has 0 atom stereocenters. The lowest BCUT2D eigenvalue weighted by Crippen LogP contribution is -2.13. The van der Waals surface area contributed by atoms with Gasteiger partial charge in [0.15, 0.2) is 0 Å². The van der Waals surface area contributed by atoms with E-state index >= 15 is 0 Å². The first-order chi connectivity index (χ1) is 13.4. The molecule has 7 nitrogen and oxygen atoms in total. The number of nitrogens with one attached hydrogen (secondary N) is 2. The molecule has 0 saturated carbocycles. The second-order valence-electron chi connectivity index (χ2n) is 5.62. The van der Waals surface area contributed by atoms with Gasteiger partial charge in [0.25, 0.3) is 5.91 Å². The van der Waals surface area contributed by atoms with Crippen LogP contribution in [0.2, 0.25) is 0 Å². The average Bonchev–Trinajstić information content (AvgIpc) is 2.66. The number of benzene rings is 2. The van der Waals surface area contributed by atoms with Crippen LogP contribution in [0.5, 0.6) is 0 Å². The van der Waals surface area contributed by atoms with Gasteiger partial charge in [0.2, 0.25) is 0 Å². The Balaban J connectivity index is 1.68. The Hall–Kier alpha value is -3.59. The van der Waals surface area contributed by atoms with Crippen molar-refractivity contribution in [2.24, 2.45) is 0 Å². The number of aromatic nitrogens is 1. The minimum absolute atomic E-state index is 0.235. The molecule has 0 bridgehead atoms. The number of pyridine rings is 1. The fourth-order valence-electron chi connectivity index (χ4n) is 2.28. The molecule has 0 fully saturated rings. The van der Waals surface area contributed by atoms with E-state index in [4.69, 9.17) is 10.8 Å². The van der Waals surface area contributed by atoms with Gasteiger partial charge in [0, 0.05) is 26.7 Å². The van der Waals surface area contributed by atoms with Crippen LogP contribution in [0, 0.1) is 5.82 Å². The first-order valence-electron chi connectivity index (χ1n) is 8.01. The summed E-state index contributed by atoms with van der Waals surface area (Å²) in [5.41, 5.74) is 7.28. The molecule has 2 amide bonds. The molecule has 3 rings (SSSR count). The molecule has 1 heterocycles. The molecular weight excluding hydrogens is 383 g/mol. The Morgan fingerprint density at radius 3 is 2.39 bits per heavy atom. The molecule has 0 aliphatic heterocycles. The number of carbonyl (C=O) groups is 2. The minimum atomic E-state index is -1.13. The molecule has 0 unspecified atom stereocenters. The van der Waals surface area contributed by atoms with Crippen molar-refractivity contribution in [3.63, 3.8) is 0 Å². The topological polar surface area (TPSA) is 117 Å². The number of amides is 2. The summed E-state index contributed by atoms with van der Waals surface area (Å²) in [7, 11) is 0. The number of hydrogen-bond donors (Lipinski definition) is 4. The monoisotopic (exact) mass is 398 g/mol. The number of nitrogen functional groups attached to an aromatic ring is 1. The highest BCUT2D eigenvalue weighted by atomic mass is 32.2. The van der Waals surface area contributed by atoms with Crippen LogP contribution in [-0.2, 0) is 0 Å². The average molecular weight is 398 g/mol. The summed E-state index contributed by atoms with van der Waals surface area (Å²) in [5, 5.41) is 13.5. The van der Waals surface area contributed by atoms with E-state index in [1.54, 1.807) is 42.5 Å². The van der Waals surface area contributed by atoms with Crippen LogP contribution in [0.15, 0.2) is 70.6 Å². The van der Waals surface area contributed by atoms with Crippen molar-refractivity contribution in [1.82, 2.24) is 4.98 Å². The SMILES string of the molecule is Nc1cc(C(=O)Nc2ccc(F)cn2)ccc1Sc1ccc(NC(=O)O)cc1. The lowest BCUT2D eigenvalue weighted by atomic mass is 10.2. The zero-order valence-corrected chi connectivity index (χ0v) is 15.2. The number of anilines is 3. The van der Waals surface area contributed by atoms with Crippen LogP contribution in [0.3, 0.4) is 0 Å². The van der Waals surface area contributed by atoms with Crippen molar-refractivity contribution in [2.75, 3.05) is 16.4 Å². The van der Waals surface area contributed by atoms with Crippen molar-refractivity contribution < 1.29 is 19.1 Å². The van der Waals surface area contributed by atoms with Gasteiger partial charge < -0.3 is 16.2 Å². The van der Waals surface area contributed by atoms with Crippen molar-refractivity contribution in [2.45, 2.75) is 9.79 Å². The maximum absolute atomic E-state index is 12.9. The van der Waals surface area contributed by atoms with Gasteiger partial charge in [0.1, 0.15) is 11.6 Å². The second-order valence-corrected chi connectivity index (χ2v) is 6.74. The third-order valence-electron chi connectivity index (χ3n) is 3.57. The molecule has 0 saturated heterocycles. The summed E-state index contributed by atoms with van der Waals surface area (Å²) in [5.74, 6) is -0.666. The lowest BCUT2D eigenvalue weighted by Gasteiger charge is -2.09. The number of rotatable bonds is 5. The molecule has 3 aromatic rings. The summed E-state index contributed by atoms with van der Waals surface area (Å²) in [6.07, 6.45) is -0.115. The van der Waals surface area contributed by atoms with E-state index in [1.165, 1.54) is 23.9 Å². The van der Waals surface area contributed by atoms with Crippen molar-refractivity contribution in [3.05, 3.63) is 72.2 Å². The molecule has 28 heavy (non-hydrogen) atoms. The van der Waals surface area contributed by atoms with E-state index in [-0.39, 0.29) is 5.82 Å². The number of nitrogens with zero attached hydrogens (tertiary/aromatic N) is 1. The molecular formula is C19H15FN4O3S. The number of hydrogen-bond acceptors (Lipinski definition) is 5. The highest BCUT2D eigenvalue weighted by Gasteiger charge is 2.10. The first kappa shape index (κ1) is 19.2. The Labute approximate surface area is 163 Å². The Morgan fingerprint density at radius 1 is 1.04 bits per heavy atom. The summed E-state index contributed by atoms with van der Waals surface area (Å²) >= 11 is 1.38. The maximum atomic E-state index is 12.9. The fraction of sp³-hybridized carbons (Fsp3) is 0. The normalized spacial score (nSPS) is 10.3. The Bertz CT molecular complexity index is 1010. The van der Waals surface area contributed by atoms with Crippen LogP contribution in [0.25, 0.3) is 0 Å². The molecule has 142 valence electrons. The van der Waals surface area contributed by atoms with Crippen molar-refractivity contribution >= 4 is 41.0 Å². The van der Waals surface area contributed by atoms with Crippen LogP contribution in [-0.4, -0.2) is 22.1 Å². The van der Waals surface area contributed by atoms with Gasteiger partial charge in [-0.2, -0.15) is 0 Å². The fourth-order valence-corrected chi connectivity index (χ4v) is 3.12. The van der Waals surface area contributed by atoms with E-state index < -0.39 is 17.8 Å². The van der Waals surface area contributed by atoms with E-state index in [0.29, 0.717) is 16.9 Å². The molecule has 5 N–H and O–H groups in total. The van der Waals surface area contributed by atoms with Crippen LogP contribution in [0.1, 0.15) is 10.4 Å². The summed E-state index contributed by atoms with van der Waals surface area (Å²) in [4.78, 5) is 28.3. The van der Waals surface area contributed by atoms with Gasteiger partial charge in [-0.25, -0.2) is 14.2 Å². The molecule has 0 aliphatic rings. The highest BCUT2D eigenvalue weighted by molar-refractivity contribution is 7.99. The van der Waals surface area contributed by atoms with Gasteiger partial charge in [-0.1, -0.05) is 11.8 Å². The Kier molecular flexibility index (Phi) is 5.75. The van der Waals surface area contributed by atoms with Crippen molar-refractivity contribution in [1.29, 1.82) is 0 Å². The maximum Gasteiger partial charge on any atom is 0.409 e. The third-order valence-corrected chi connectivity index (χ3v) is 4.67. The van der Waals surface area contributed by atoms with Crippen LogP contribution >= 0.6 is 11.8 Å². The Morgan fingerprint density at radius 2 is 1.79 bits per heavy atom. The zero-order valence-electron chi connectivity index (χ0n) is 14.3. The first-order valence-corrected chi connectivity index (χ1v) is 8.82. The van der Waals surface area contributed by atoms with Crippen molar-refractivity contribution in [3.8, 4) is 0 Å². The van der Waals surface area contributed by atoms with E-state index in [2.05, 4.69) is 15.6 Å². The molecule has 0 radical (unpaired) electrons. The highest BCUT2D eigenvalue weighted by Crippen LogP contribution is 2.33. The molecule has 0 spiro atoms. The minimum Gasteiger partial charge on any atom is -0.465 e. The smallest absolute Gasteiger partial charge is 0.409 e. The van der Waals surface area contributed by atoms with Crippen LogP contribution < -0.4 is 16.4 Å². The van der Waals surface area contributed by atoms with Gasteiger partial charge in [-0.3, -0.25) is 10.1 Å². The zero-order chi connectivity index (χ0) is 20.1. The van der Waals surface area contributed by atoms with Gasteiger partial charge in [0.05, 0.1) is 6.20 Å². The lowest BCUT2D eigenvalue weighted by molar-refractivity contribution is 0.102. The van der Waals surface area contributed by atoms with Crippen LogP contribution in [0.4, 0.5) is 26.4 Å². The molecule has 1 aromatic heterocycles. The quantitative estimate of drug-likeness (QED) is 0.476. The van der Waals surface area contributed by atoms with Gasteiger partial charge in [-0.15, -0.1) is 0 Å². The summed E-state index contributed by atoms with van der Waals surface area (Å²) in [6, 6.07) is 14.3. The predicted octanol–water partition coefficient (Wildman–Crippen LogP) is 4.30. The predicted molar refractivity (Wildman–Crippen MR) is 105 cm³/mol. The number of halogens is 1. The summed E-state index contributed by atoms with van der Waals surface area (Å²) < 4.78 is 12.9. The number of carboxylic acid groups (broad SMARTS) is 1. The third kappa shape index (κ3) is 4.98. The molecule has 9 heteroatoms. The largest absolute Gasteiger partial charge is 0.465 e. The molecule has 2 aromatic carbocycles. The summed E-state index contributed by atoms with van der Waals surface area (Å²) in [6.45, 7) is 0. The van der Waals surface area contributed by atoms with E-state index in [9.17, 15) is 14.0 Å². The van der Waals surface area contributed by atoms with E-state index in [1.807, 2.05) is 0 Å². The molecule has 0 aliphatic carbocycles. The van der Waals surface area contributed by atoms with Gasteiger partial charge in [-0.05, 0) is 54.6 Å². The second kappa shape index (κ2) is 8.40.